The number of carbonyl (C=O) groups is 1. The number of aryl methyl sites for hydroxylation is 1. The van der Waals surface area contributed by atoms with Crippen LogP contribution < -0.4 is 0 Å². The molecule has 24 heavy (non-hydrogen) atoms. The third-order valence-electron chi connectivity index (χ3n) is 5.03. The summed E-state index contributed by atoms with van der Waals surface area (Å²) in [7, 11) is 0. The molecule has 0 aromatic carbocycles. The van der Waals surface area contributed by atoms with Gasteiger partial charge in [0, 0.05) is 39.3 Å². The predicted molar refractivity (Wildman–Crippen MR) is 87.5 cm³/mol. The second-order valence-corrected chi connectivity index (χ2v) is 6.54. The van der Waals surface area contributed by atoms with E-state index in [9.17, 15) is 4.79 Å². The summed E-state index contributed by atoms with van der Waals surface area (Å²) in [5.74, 6) is 1.55. The summed E-state index contributed by atoms with van der Waals surface area (Å²) in [6.07, 6.45) is 0. The van der Waals surface area contributed by atoms with Crippen molar-refractivity contribution in [2.24, 2.45) is 0 Å². The van der Waals surface area contributed by atoms with Crippen LogP contribution >= 0.6 is 0 Å². The third kappa shape index (κ3) is 3.76. The van der Waals surface area contributed by atoms with Gasteiger partial charge in [-0.05, 0) is 20.8 Å². The first-order valence-electron chi connectivity index (χ1n) is 8.71. The molecular weight excluding hydrogens is 310 g/mol. The van der Waals surface area contributed by atoms with Crippen molar-refractivity contribution in [2.75, 3.05) is 52.5 Å². The van der Waals surface area contributed by atoms with Gasteiger partial charge in [-0.3, -0.25) is 14.6 Å². The van der Waals surface area contributed by atoms with E-state index in [4.69, 9.17) is 9.26 Å². The van der Waals surface area contributed by atoms with Gasteiger partial charge in [0.05, 0.1) is 25.3 Å². The van der Waals surface area contributed by atoms with Crippen molar-refractivity contribution >= 4 is 5.91 Å². The summed E-state index contributed by atoms with van der Waals surface area (Å²) in [5, 5.41) is 3.87. The Labute approximate surface area is 142 Å². The van der Waals surface area contributed by atoms with Gasteiger partial charge in [-0.1, -0.05) is 5.16 Å². The minimum atomic E-state index is -0.0776. The Hall–Kier alpha value is -1.51. The Bertz CT molecular complexity index is 550. The lowest BCUT2D eigenvalue weighted by Crippen LogP contribution is -2.56. The average molecular weight is 337 g/mol. The standard InChI is InChI=1S/C16H27N5O3/c1-12(15-17-14(3)18-24-15)19-4-6-20(7-5-19)13(2)16(22)21-8-10-23-11-9-21/h12-13H,4-11H2,1-3H3/t12-,13-/m0/s1. The van der Waals surface area contributed by atoms with Crippen LogP contribution in [0.5, 0.6) is 0 Å². The minimum Gasteiger partial charge on any atom is -0.378 e. The molecule has 0 N–H and O–H groups in total. The number of carbonyl (C=O) groups excluding carboxylic acids is 1. The SMILES string of the molecule is Cc1noc([C@H](C)N2CCN([C@@H](C)C(=O)N3CCOCC3)CC2)n1. The third-order valence-corrected chi connectivity index (χ3v) is 5.03. The lowest BCUT2D eigenvalue weighted by atomic mass is 10.1. The number of aromatic nitrogens is 2. The lowest BCUT2D eigenvalue weighted by Gasteiger charge is -2.40. The highest BCUT2D eigenvalue weighted by molar-refractivity contribution is 5.81. The molecule has 1 amide bonds. The highest BCUT2D eigenvalue weighted by atomic mass is 16.5. The zero-order chi connectivity index (χ0) is 17.1. The smallest absolute Gasteiger partial charge is 0.243 e. The molecule has 0 saturated carbocycles. The molecule has 134 valence electrons. The topological polar surface area (TPSA) is 74.9 Å². The molecule has 3 heterocycles. The van der Waals surface area contributed by atoms with Crippen LogP contribution in [0, 0.1) is 6.92 Å². The van der Waals surface area contributed by atoms with Gasteiger partial charge in [0.2, 0.25) is 11.8 Å². The molecule has 1 aromatic heterocycles. The summed E-state index contributed by atoms with van der Waals surface area (Å²) in [6, 6.07) is 0.0322. The van der Waals surface area contributed by atoms with Crippen molar-refractivity contribution in [3.8, 4) is 0 Å². The normalized spacial score (nSPS) is 23.2. The summed E-state index contributed by atoms with van der Waals surface area (Å²) in [6.45, 7) is 12.2. The quantitative estimate of drug-likeness (QED) is 0.782. The zero-order valence-electron chi connectivity index (χ0n) is 14.8. The van der Waals surface area contributed by atoms with Gasteiger partial charge in [0.25, 0.3) is 0 Å². The van der Waals surface area contributed by atoms with Gasteiger partial charge in [-0.15, -0.1) is 0 Å². The Kier molecular flexibility index (Phi) is 5.47. The molecule has 2 aliphatic heterocycles. The van der Waals surface area contributed by atoms with Gasteiger partial charge in [-0.25, -0.2) is 0 Å². The number of hydrogen-bond acceptors (Lipinski definition) is 7. The van der Waals surface area contributed by atoms with Crippen LogP contribution in [0.15, 0.2) is 4.52 Å². The van der Waals surface area contributed by atoms with Gasteiger partial charge < -0.3 is 14.2 Å². The maximum absolute atomic E-state index is 12.6. The molecule has 8 nitrogen and oxygen atoms in total. The Morgan fingerprint density at radius 1 is 1.04 bits per heavy atom. The summed E-state index contributed by atoms with van der Waals surface area (Å²) < 4.78 is 10.6. The van der Waals surface area contributed by atoms with Gasteiger partial charge in [0.15, 0.2) is 5.82 Å². The van der Waals surface area contributed by atoms with Crippen molar-refractivity contribution in [3.05, 3.63) is 11.7 Å². The number of rotatable bonds is 4. The number of piperazine rings is 1. The van der Waals surface area contributed by atoms with Crippen LogP contribution in [0.1, 0.15) is 31.6 Å². The Morgan fingerprint density at radius 3 is 2.25 bits per heavy atom. The van der Waals surface area contributed by atoms with Crippen LogP contribution in [0.25, 0.3) is 0 Å². The fourth-order valence-electron chi connectivity index (χ4n) is 3.36. The summed E-state index contributed by atoms with van der Waals surface area (Å²) >= 11 is 0. The molecule has 0 spiro atoms. The van der Waals surface area contributed by atoms with Crippen molar-refractivity contribution in [2.45, 2.75) is 32.9 Å². The van der Waals surface area contributed by atoms with Gasteiger partial charge in [-0.2, -0.15) is 4.98 Å². The molecule has 0 bridgehead atoms. The zero-order valence-corrected chi connectivity index (χ0v) is 14.8. The molecule has 1 aromatic rings. The van der Waals surface area contributed by atoms with Crippen molar-refractivity contribution in [1.29, 1.82) is 0 Å². The number of ether oxygens (including phenoxy) is 1. The molecule has 2 aliphatic rings. The highest BCUT2D eigenvalue weighted by Gasteiger charge is 2.31. The molecule has 8 heteroatoms. The molecule has 0 aliphatic carbocycles. The second kappa shape index (κ2) is 7.58. The van der Waals surface area contributed by atoms with Crippen molar-refractivity contribution in [3.63, 3.8) is 0 Å². The van der Waals surface area contributed by atoms with Crippen molar-refractivity contribution in [1.82, 2.24) is 24.8 Å². The van der Waals surface area contributed by atoms with E-state index >= 15 is 0 Å². The van der Waals surface area contributed by atoms with E-state index in [1.807, 2.05) is 18.7 Å². The first kappa shape index (κ1) is 17.3. The average Bonchev–Trinajstić information content (AvgIpc) is 3.07. The van der Waals surface area contributed by atoms with Crippen LogP contribution in [-0.4, -0.2) is 89.3 Å². The van der Waals surface area contributed by atoms with Crippen LogP contribution in [0.3, 0.4) is 0 Å². The minimum absolute atomic E-state index is 0.0776. The van der Waals surface area contributed by atoms with Crippen LogP contribution in [-0.2, 0) is 9.53 Å². The predicted octanol–water partition coefficient (Wildman–Crippen LogP) is 0.304. The maximum atomic E-state index is 12.6. The largest absolute Gasteiger partial charge is 0.378 e. The van der Waals surface area contributed by atoms with E-state index in [2.05, 4.69) is 26.9 Å². The van der Waals surface area contributed by atoms with E-state index in [-0.39, 0.29) is 18.0 Å². The van der Waals surface area contributed by atoms with Crippen LogP contribution in [0.4, 0.5) is 0 Å². The van der Waals surface area contributed by atoms with E-state index in [0.29, 0.717) is 38.0 Å². The number of hydrogen-bond donors (Lipinski definition) is 0. The molecule has 2 saturated heterocycles. The van der Waals surface area contributed by atoms with E-state index < -0.39 is 0 Å². The molecule has 0 radical (unpaired) electrons. The van der Waals surface area contributed by atoms with Crippen LogP contribution in [0.2, 0.25) is 0 Å². The fourth-order valence-corrected chi connectivity index (χ4v) is 3.36. The van der Waals surface area contributed by atoms with Crippen molar-refractivity contribution < 1.29 is 14.1 Å². The molecule has 2 fully saturated rings. The second-order valence-electron chi connectivity index (χ2n) is 6.54. The molecule has 2 atom stereocenters. The Balaban J connectivity index is 1.51. The summed E-state index contributed by atoms with van der Waals surface area (Å²) in [4.78, 5) is 23.5. The van der Waals surface area contributed by atoms with Gasteiger partial charge in [0.1, 0.15) is 0 Å². The summed E-state index contributed by atoms with van der Waals surface area (Å²) in [5.41, 5.74) is 0. The number of morpholine rings is 1. The van der Waals surface area contributed by atoms with Gasteiger partial charge >= 0.3 is 0 Å². The number of nitrogens with zero attached hydrogens (tertiary/aromatic N) is 5. The lowest BCUT2D eigenvalue weighted by molar-refractivity contribution is -0.141. The highest BCUT2D eigenvalue weighted by Crippen LogP contribution is 2.21. The first-order chi connectivity index (χ1) is 11.6. The molecular formula is C16H27N5O3. The van der Waals surface area contributed by atoms with E-state index in [1.54, 1.807) is 0 Å². The Morgan fingerprint density at radius 2 is 1.67 bits per heavy atom. The maximum Gasteiger partial charge on any atom is 0.243 e. The van der Waals surface area contributed by atoms with E-state index in [1.165, 1.54) is 0 Å². The number of amides is 1. The van der Waals surface area contributed by atoms with E-state index in [0.717, 1.165) is 26.2 Å². The molecule has 3 rings (SSSR count). The first-order valence-corrected chi connectivity index (χ1v) is 8.71. The fraction of sp³-hybridized carbons (Fsp3) is 0.812. The monoisotopic (exact) mass is 337 g/mol. The molecule has 0 unspecified atom stereocenters.